The number of nitrogens with one attached hydrogen (secondary N) is 3. The zero-order chi connectivity index (χ0) is 52.5. The molecule has 5 aliphatic rings. The van der Waals surface area contributed by atoms with Crippen molar-refractivity contribution < 1.29 is 45.0 Å². The van der Waals surface area contributed by atoms with Crippen molar-refractivity contribution in [2.45, 2.75) is 132 Å². The Bertz CT molecular complexity index is 3240. The molecule has 1 saturated carbocycles. The van der Waals surface area contributed by atoms with E-state index in [-0.39, 0.29) is 72.7 Å². The van der Waals surface area contributed by atoms with Gasteiger partial charge < -0.3 is 50.7 Å². The quantitative estimate of drug-likeness (QED) is 0.0495. The summed E-state index contributed by atoms with van der Waals surface area (Å²) in [4.78, 5) is 37.8. The van der Waals surface area contributed by atoms with Gasteiger partial charge in [-0.2, -0.15) is 0 Å². The second-order valence-corrected chi connectivity index (χ2v) is 21.8. The maximum Gasteiger partial charge on any atom is 0.163 e. The number of benzene rings is 4. The number of H-pyrrole nitrogens is 2. The van der Waals surface area contributed by atoms with E-state index in [2.05, 4.69) is 39.3 Å². The van der Waals surface area contributed by atoms with Crippen molar-refractivity contribution in [2.24, 2.45) is 11.8 Å². The fourth-order valence-electron chi connectivity index (χ4n) is 12.8. The van der Waals surface area contributed by atoms with E-state index in [0.717, 1.165) is 64.8 Å². The number of ether oxygens (including phenoxy) is 1. The zero-order valence-electron chi connectivity index (χ0n) is 42.7. The molecule has 6 aromatic rings. The number of hydrogen-bond donors (Lipinski definition) is 9. The van der Waals surface area contributed by atoms with Crippen LogP contribution in [0.25, 0.3) is 12.2 Å². The topological polar surface area (TPSA) is 208 Å². The zero-order valence-corrected chi connectivity index (χ0v) is 42.7. The molecule has 11 rings (SSSR count). The lowest BCUT2D eigenvalue weighted by Gasteiger charge is -2.39. The van der Waals surface area contributed by atoms with E-state index in [9.17, 15) is 35.4 Å². The molecule has 4 heterocycles. The van der Waals surface area contributed by atoms with E-state index in [1.165, 1.54) is 0 Å². The summed E-state index contributed by atoms with van der Waals surface area (Å²) < 4.78 is 6.48. The summed E-state index contributed by atoms with van der Waals surface area (Å²) in [5, 5.41) is 75.1. The second-order valence-electron chi connectivity index (χ2n) is 21.8. The summed E-state index contributed by atoms with van der Waals surface area (Å²) in [5.74, 6) is 3.48. The third-order valence-electron chi connectivity index (χ3n) is 16.9. The van der Waals surface area contributed by atoms with Gasteiger partial charge in [-0.3, -0.25) is 9.59 Å². The molecule has 0 spiro atoms. The van der Waals surface area contributed by atoms with E-state index in [1.807, 2.05) is 73.1 Å². The molecule has 2 aliphatic heterocycles. The molecule has 9 N–H and O–H groups in total. The molecule has 0 saturated heterocycles. The Labute approximate surface area is 443 Å². The highest BCUT2D eigenvalue weighted by atomic mass is 16.5. The van der Waals surface area contributed by atoms with Crippen molar-refractivity contribution in [1.29, 1.82) is 0 Å². The van der Waals surface area contributed by atoms with E-state index < -0.39 is 54.0 Å². The van der Waals surface area contributed by atoms with Crippen LogP contribution < -0.4 is 10.1 Å². The van der Waals surface area contributed by atoms with Crippen molar-refractivity contribution >= 4 is 29.5 Å². The number of fused-ring (bicyclic) bond motifs is 8. The van der Waals surface area contributed by atoms with E-state index in [1.54, 1.807) is 36.4 Å². The molecule has 12 heteroatoms. The van der Waals surface area contributed by atoms with Gasteiger partial charge in [0, 0.05) is 72.8 Å². The van der Waals surface area contributed by atoms with Gasteiger partial charge in [0.25, 0.3) is 0 Å². The first kappa shape index (κ1) is 51.0. The van der Waals surface area contributed by atoms with Crippen LogP contribution in [0.1, 0.15) is 143 Å². The highest BCUT2D eigenvalue weighted by Crippen LogP contribution is 2.49. The van der Waals surface area contributed by atoms with Crippen LogP contribution >= 0.6 is 0 Å². The van der Waals surface area contributed by atoms with Crippen molar-refractivity contribution in [3.63, 3.8) is 0 Å². The lowest BCUT2D eigenvalue weighted by molar-refractivity contribution is -0.135. The summed E-state index contributed by atoms with van der Waals surface area (Å²) in [6.45, 7) is -0.436. The predicted octanol–water partition coefficient (Wildman–Crippen LogP) is 9.67. The van der Waals surface area contributed by atoms with Gasteiger partial charge in [-0.25, -0.2) is 0 Å². The van der Waals surface area contributed by atoms with Crippen LogP contribution in [0.4, 0.5) is 5.82 Å². The number of aromatic hydroxyl groups is 2. The van der Waals surface area contributed by atoms with Gasteiger partial charge in [0.15, 0.2) is 17.3 Å². The number of anilines is 1. The number of aliphatic hydroxyl groups excluding tert-OH is 3. The van der Waals surface area contributed by atoms with Crippen LogP contribution in [0.2, 0.25) is 0 Å². The lowest BCUT2D eigenvalue weighted by Crippen LogP contribution is -2.42. The van der Waals surface area contributed by atoms with Crippen molar-refractivity contribution in [3.05, 3.63) is 176 Å². The molecule has 8 atom stereocenters. The first-order valence-electron chi connectivity index (χ1n) is 27.2. The molecule has 0 amide bonds. The van der Waals surface area contributed by atoms with Gasteiger partial charge in [0.1, 0.15) is 29.5 Å². The van der Waals surface area contributed by atoms with Gasteiger partial charge in [-0.15, -0.1) is 0 Å². The number of rotatable bonds is 9. The molecular formula is C64H67N3O9. The Kier molecular flexibility index (Phi) is 14.7. The first-order chi connectivity index (χ1) is 36.9. The molecule has 12 nitrogen and oxygen atoms in total. The van der Waals surface area contributed by atoms with Crippen LogP contribution in [0.5, 0.6) is 17.2 Å². The Morgan fingerprint density at radius 1 is 0.789 bits per heavy atom. The fraction of sp³-hybridized carbons (Fsp3) is 0.375. The average molecular weight is 1020 g/mol. The largest absolute Gasteiger partial charge is 0.507 e. The molecule has 0 radical (unpaired) electrons. The van der Waals surface area contributed by atoms with Crippen LogP contribution in [0.15, 0.2) is 115 Å². The Balaban J connectivity index is 1.09. The summed E-state index contributed by atoms with van der Waals surface area (Å²) >= 11 is 0. The molecule has 2 aromatic heterocycles. The normalized spacial score (nSPS) is 25.5. The smallest absolute Gasteiger partial charge is 0.163 e. The van der Waals surface area contributed by atoms with Crippen LogP contribution in [0.3, 0.4) is 0 Å². The fourth-order valence-corrected chi connectivity index (χ4v) is 12.8. The summed E-state index contributed by atoms with van der Waals surface area (Å²) in [6, 6.07) is 27.8. The van der Waals surface area contributed by atoms with Gasteiger partial charge in [0.2, 0.25) is 0 Å². The maximum atomic E-state index is 16.1. The van der Waals surface area contributed by atoms with Gasteiger partial charge in [-0.05, 0) is 157 Å². The molecule has 3 aliphatic carbocycles. The average Bonchev–Trinajstić information content (AvgIpc) is 4.24. The number of Topliss-reactive ketones (excluding diaryl/α,β-unsaturated/α-hetero) is 2. The third kappa shape index (κ3) is 10.4. The number of aliphatic hydroxyl groups is 4. The second kappa shape index (κ2) is 21.8. The number of hydrogen-bond acceptors (Lipinski definition) is 10. The number of carbonyl (C=O) groups excluding carboxylic acids is 2. The van der Waals surface area contributed by atoms with Crippen molar-refractivity contribution in [1.82, 2.24) is 9.97 Å². The SMILES string of the molecule is O=C1CCc2cc(OC3CCCC3)c(O)c(c2)C(O)c2ccc3c(c2)Cc2cc[nH]c2NC(C#CCC(O)C3CCc2ccccc2)C2=Cc3[nH]ccc3C(CC3(O)C=Cc4c(O)cccc4CC3)C2C(=O)C1CCO. The van der Waals surface area contributed by atoms with E-state index in [4.69, 9.17) is 4.74 Å². The van der Waals surface area contributed by atoms with E-state index >= 15 is 4.79 Å². The van der Waals surface area contributed by atoms with Crippen molar-refractivity contribution in [3.8, 4) is 29.1 Å². The molecular weight excluding hydrogens is 955 g/mol. The molecule has 392 valence electrons. The lowest BCUT2D eigenvalue weighted by atomic mass is 9.65. The maximum absolute atomic E-state index is 16.1. The van der Waals surface area contributed by atoms with Crippen LogP contribution in [0, 0.1) is 23.7 Å². The molecule has 76 heavy (non-hydrogen) atoms. The molecule has 4 aromatic carbocycles. The number of carbonyl (C=O) groups is 2. The number of phenols is 2. The number of aromatic amines is 2. The monoisotopic (exact) mass is 1020 g/mol. The number of phenolic OH excluding ortho intramolecular Hbond substituents is 2. The van der Waals surface area contributed by atoms with Crippen LogP contribution in [-0.2, 0) is 35.3 Å². The predicted molar refractivity (Wildman–Crippen MR) is 292 cm³/mol. The Morgan fingerprint density at radius 2 is 1.62 bits per heavy atom. The van der Waals surface area contributed by atoms with Crippen molar-refractivity contribution in [2.75, 3.05) is 11.9 Å². The third-order valence-corrected chi connectivity index (χ3v) is 16.9. The Morgan fingerprint density at radius 3 is 2.45 bits per heavy atom. The van der Waals surface area contributed by atoms with Crippen LogP contribution in [-0.4, -0.2) is 82.6 Å². The minimum atomic E-state index is -1.46. The Hall–Kier alpha value is -7.14. The minimum Gasteiger partial charge on any atom is -0.507 e. The van der Waals surface area contributed by atoms with Gasteiger partial charge in [-0.1, -0.05) is 84.7 Å². The standard InChI is InChI=1S/C64H67N3O9/c68-31-26-49-57(71)21-17-39-32-51(61(73)58(33-39)76-44-11-4-5-12-44)60(72)41-18-20-45-43(34-41)35-42-24-29-66-63(42)67-53(13-7-15-56(70)48(45)19-16-38-8-2-1-3-9-38)50-36-54-47(25-30-65-54)52(59(50)62(49)74)37-64(75)27-22-40-10-6-14-55(69)46(40)23-28-64/h1-3,6,8-10,14,18,20,23-25,28-30,32-34,36,44,48-49,52-53,56,59-60,65-70,72-73,75H,4-5,11-12,15-17,19,21-22,26-27,31,35,37H2. The minimum absolute atomic E-state index is 0.0775. The van der Waals surface area contributed by atoms with Gasteiger partial charge >= 0.3 is 0 Å². The highest BCUT2D eigenvalue weighted by molar-refractivity contribution is 6.05. The number of ketones is 2. The molecule has 1 fully saturated rings. The first-order valence-corrected chi connectivity index (χ1v) is 27.2. The number of aryl methyl sites for hydroxylation is 3. The summed E-state index contributed by atoms with van der Waals surface area (Å²) in [6.07, 6.45) is 12.8. The summed E-state index contributed by atoms with van der Waals surface area (Å²) in [7, 11) is 0. The number of aromatic nitrogens is 2. The van der Waals surface area contributed by atoms with Gasteiger partial charge in [0.05, 0.1) is 23.7 Å². The summed E-state index contributed by atoms with van der Waals surface area (Å²) in [5.41, 5.74) is 7.31. The molecule has 8 unspecified atom stereocenters. The highest BCUT2D eigenvalue weighted by Gasteiger charge is 2.47. The molecule has 5 bridgehead atoms. The van der Waals surface area contributed by atoms with E-state index in [0.29, 0.717) is 60.2 Å².